The van der Waals surface area contributed by atoms with Crippen LogP contribution in [0.5, 0.6) is 0 Å². The van der Waals surface area contributed by atoms with Gasteiger partial charge in [-0.1, -0.05) is 0 Å². The van der Waals surface area contributed by atoms with Gasteiger partial charge < -0.3 is 24.5 Å². The lowest BCUT2D eigenvalue weighted by atomic mass is 10.2. The van der Waals surface area contributed by atoms with Crippen LogP contribution in [0, 0.1) is 6.92 Å². The van der Waals surface area contributed by atoms with Crippen LogP contribution in [-0.4, -0.2) is 63.8 Å². The number of likely N-dealkylation sites (N-methyl/N-ethyl adjacent to an activating group) is 1. The average molecular weight is 370 g/mol. The summed E-state index contributed by atoms with van der Waals surface area (Å²) in [6, 6.07) is 2.52. The van der Waals surface area contributed by atoms with Gasteiger partial charge in [-0.25, -0.2) is 14.8 Å². The minimum absolute atomic E-state index is 0.0397. The summed E-state index contributed by atoms with van der Waals surface area (Å²) >= 11 is 0. The van der Waals surface area contributed by atoms with Crippen LogP contribution in [0.3, 0.4) is 0 Å². The second-order valence-electron chi connectivity index (χ2n) is 7.29. The van der Waals surface area contributed by atoms with Gasteiger partial charge in [-0.15, -0.1) is 0 Å². The van der Waals surface area contributed by atoms with Gasteiger partial charge in [0.25, 0.3) is 0 Å². The van der Waals surface area contributed by atoms with E-state index < -0.39 is 0 Å². The molecule has 1 aliphatic carbocycles. The molecule has 0 radical (unpaired) electrons. The molecule has 3 aromatic heterocycles. The van der Waals surface area contributed by atoms with Gasteiger partial charge in [0.2, 0.25) is 0 Å². The molecule has 27 heavy (non-hydrogen) atoms. The number of aromatic nitrogens is 4. The van der Waals surface area contributed by atoms with Crippen LogP contribution in [0.4, 0.5) is 4.79 Å². The molecule has 8 nitrogen and oxygen atoms in total. The summed E-state index contributed by atoms with van der Waals surface area (Å²) in [6.07, 6.45) is 6.64. The number of nitrogens with zero attached hydrogens (tertiary/aromatic N) is 4. The summed E-state index contributed by atoms with van der Waals surface area (Å²) < 4.78 is 7.37. The van der Waals surface area contributed by atoms with E-state index in [1.807, 2.05) is 19.3 Å². The van der Waals surface area contributed by atoms with E-state index in [1.54, 1.807) is 19.1 Å². The van der Waals surface area contributed by atoms with Gasteiger partial charge in [0.15, 0.2) is 0 Å². The van der Waals surface area contributed by atoms with Gasteiger partial charge in [0.05, 0.1) is 18.3 Å². The van der Waals surface area contributed by atoms with Crippen molar-refractivity contribution >= 4 is 28.1 Å². The molecule has 3 aromatic rings. The number of hydrogen-bond acceptors (Lipinski definition) is 4. The molecule has 1 saturated carbocycles. The summed E-state index contributed by atoms with van der Waals surface area (Å²) in [6.45, 7) is 3.17. The Balaban J connectivity index is 1.53. The SMILES string of the molecule is COCCN(C)C(=O)NC1CCC(n2c(C)nc3cnc4[nH]ccc4c32)C1. The zero-order chi connectivity index (χ0) is 19.0. The predicted octanol–water partition coefficient (Wildman–Crippen LogP) is 2.60. The van der Waals surface area contributed by atoms with Crippen molar-refractivity contribution in [3.8, 4) is 0 Å². The Kier molecular flexibility index (Phi) is 4.73. The number of fused-ring (bicyclic) bond motifs is 3. The molecule has 0 saturated heterocycles. The first-order valence-electron chi connectivity index (χ1n) is 9.39. The monoisotopic (exact) mass is 370 g/mol. The zero-order valence-electron chi connectivity index (χ0n) is 16.0. The fraction of sp³-hybridized carbons (Fsp3) is 0.526. The van der Waals surface area contributed by atoms with Crippen LogP contribution in [0.15, 0.2) is 18.5 Å². The Labute approximate surface area is 157 Å². The highest BCUT2D eigenvalue weighted by Gasteiger charge is 2.30. The van der Waals surface area contributed by atoms with E-state index in [2.05, 4.69) is 25.9 Å². The number of urea groups is 1. The number of methoxy groups -OCH3 is 1. The number of nitrogens with one attached hydrogen (secondary N) is 2. The lowest BCUT2D eigenvalue weighted by Crippen LogP contribution is -2.43. The Morgan fingerprint density at radius 2 is 2.33 bits per heavy atom. The Morgan fingerprint density at radius 1 is 1.48 bits per heavy atom. The normalized spacial score (nSPS) is 19.8. The second-order valence-corrected chi connectivity index (χ2v) is 7.29. The van der Waals surface area contributed by atoms with E-state index in [-0.39, 0.29) is 12.1 Å². The summed E-state index contributed by atoms with van der Waals surface area (Å²) in [5, 5.41) is 4.26. The number of rotatable bonds is 5. The number of H-pyrrole nitrogens is 1. The minimum atomic E-state index is -0.0397. The first-order chi connectivity index (χ1) is 13.1. The molecule has 1 aliphatic rings. The maximum absolute atomic E-state index is 12.3. The van der Waals surface area contributed by atoms with Crippen molar-refractivity contribution in [2.24, 2.45) is 0 Å². The summed E-state index contributed by atoms with van der Waals surface area (Å²) in [4.78, 5) is 26.4. The molecule has 0 bridgehead atoms. The largest absolute Gasteiger partial charge is 0.383 e. The zero-order valence-corrected chi connectivity index (χ0v) is 16.0. The van der Waals surface area contributed by atoms with E-state index in [1.165, 1.54) is 0 Å². The first-order valence-corrected chi connectivity index (χ1v) is 9.39. The molecule has 0 aliphatic heterocycles. The number of pyridine rings is 1. The molecule has 2 atom stereocenters. The molecular weight excluding hydrogens is 344 g/mol. The molecule has 3 heterocycles. The van der Waals surface area contributed by atoms with Gasteiger partial charge >= 0.3 is 6.03 Å². The van der Waals surface area contributed by atoms with Gasteiger partial charge in [0, 0.05) is 44.4 Å². The van der Waals surface area contributed by atoms with E-state index in [9.17, 15) is 4.79 Å². The smallest absolute Gasteiger partial charge is 0.317 e. The molecule has 4 rings (SSSR count). The quantitative estimate of drug-likeness (QED) is 0.723. The number of aryl methyl sites for hydroxylation is 1. The number of imidazole rings is 1. The molecule has 0 aromatic carbocycles. The molecule has 2 amide bonds. The highest BCUT2D eigenvalue weighted by molar-refractivity contribution is 6.01. The van der Waals surface area contributed by atoms with Gasteiger partial charge in [-0.3, -0.25) is 0 Å². The van der Waals surface area contributed by atoms with Crippen molar-refractivity contribution in [1.82, 2.24) is 29.7 Å². The van der Waals surface area contributed by atoms with E-state index >= 15 is 0 Å². The van der Waals surface area contributed by atoms with Crippen molar-refractivity contribution < 1.29 is 9.53 Å². The molecule has 0 spiro atoms. The fourth-order valence-corrected chi connectivity index (χ4v) is 4.09. The highest BCUT2D eigenvalue weighted by atomic mass is 16.5. The molecule has 1 fully saturated rings. The Hall–Kier alpha value is -2.61. The predicted molar refractivity (Wildman–Crippen MR) is 104 cm³/mol. The van der Waals surface area contributed by atoms with Crippen molar-refractivity contribution in [3.05, 3.63) is 24.3 Å². The van der Waals surface area contributed by atoms with Gasteiger partial charge in [0.1, 0.15) is 17.0 Å². The Morgan fingerprint density at radius 3 is 3.15 bits per heavy atom. The van der Waals surface area contributed by atoms with Crippen LogP contribution in [0.2, 0.25) is 0 Å². The maximum atomic E-state index is 12.3. The topological polar surface area (TPSA) is 88.1 Å². The third-order valence-electron chi connectivity index (χ3n) is 5.49. The lowest BCUT2D eigenvalue weighted by molar-refractivity contribution is 0.158. The lowest BCUT2D eigenvalue weighted by Gasteiger charge is -2.21. The average Bonchev–Trinajstić information content (AvgIpc) is 3.36. The Bertz CT molecular complexity index is 962. The van der Waals surface area contributed by atoms with Crippen molar-refractivity contribution in [3.63, 3.8) is 0 Å². The van der Waals surface area contributed by atoms with Crippen molar-refractivity contribution in [2.45, 2.75) is 38.3 Å². The molecule has 144 valence electrons. The van der Waals surface area contributed by atoms with Gasteiger partial charge in [-0.2, -0.15) is 0 Å². The van der Waals surface area contributed by atoms with E-state index in [0.29, 0.717) is 19.2 Å². The number of hydrogen-bond donors (Lipinski definition) is 2. The van der Waals surface area contributed by atoms with Crippen molar-refractivity contribution in [1.29, 1.82) is 0 Å². The number of carbonyl (C=O) groups excluding carboxylic acids is 1. The van der Waals surface area contributed by atoms with Crippen LogP contribution in [-0.2, 0) is 4.74 Å². The number of ether oxygens (including phenoxy) is 1. The molecule has 8 heteroatoms. The third kappa shape index (κ3) is 3.25. The standard InChI is InChI=1S/C19H26N6O2/c1-12-22-16-11-21-18-15(6-7-20-18)17(16)25(12)14-5-4-13(10-14)23-19(26)24(2)8-9-27-3/h6-7,11,13-14H,4-5,8-10H2,1-3H3,(H,20,21)(H,23,26). The maximum Gasteiger partial charge on any atom is 0.317 e. The minimum Gasteiger partial charge on any atom is -0.383 e. The summed E-state index contributed by atoms with van der Waals surface area (Å²) in [5.74, 6) is 0.995. The number of amides is 2. The van der Waals surface area contributed by atoms with E-state index in [0.717, 1.165) is 47.2 Å². The van der Waals surface area contributed by atoms with Crippen LogP contribution in [0.25, 0.3) is 22.1 Å². The third-order valence-corrected chi connectivity index (χ3v) is 5.49. The van der Waals surface area contributed by atoms with E-state index in [4.69, 9.17) is 9.72 Å². The summed E-state index contributed by atoms with van der Waals surface area (Å²) in [7, 11) is 3.44. The van der Waals surface area contributed by atoms with Crippen LogP contribution < -0.4 is 5.32 Å². The first kappa shape index (κ1) is 17.8. The number of carbonyl (C=O) groups is 1. The van der Waals surface area contributed by atoms with Crippen molar-refractivity contribution in [2.75, 3.05) is 27.3 Å². The highest BCUT2D eigenvalue weighted by Crippen LogP contribution is 2.35. The molecular formula is C19H26N6O2. The second kappa shape index (κ2) is 7.19. The van der Waals surface area contributed by atoms with Gasteiger partial charge in [-0.05, 0) is 32.3 Å². The molecule has 2 N–H and O–H groups in total. The molecule has 2 unspecified atom stereocenters. The summed E-state index contributed by atoms with van der Waals surface area (Å²) in [5.41, 5.74) is 2.94. The van der Waals surface area contributed by atoms with Crippen LogP contribution in [0.1, 0.15) is 31.1 Å². The fourth-order valence-electron chi connectivity index (χ4n) is 4.09. The number of aromatic amines is 1. The van der Waals surface area contributed by atoms with Crippen LogP contribution >= 0.6 is 0 Å².